The summed E-state index contributed by atoms with van der Waals surface area (Å²) in [7, 11) is 0. The van der Waals surface area contributed by atoms with Crippen LogP contribution >= 0.6 is 0 Å². The molecule has 0 atom stereocenters. The quantitative estimate of drug-likeness (QED) is 0.519. The Labute approximate surface area is 59.4 Å². The van der Waals surface area contributed by atoms with Gasteiger partial charge in [0, 0.05) is 6.54 Å². The zero-order valence-corrected chi connectivity index (χ0v) is 5.62. The SMILES string of the molecule is OCCNCC1OC=CO1. The number of nitrogens with one attached hydrogen (secondary N) is 1. The van der Waals surface area contributed by atoms with Crippen LogP contribution in [0.2, 0.25) is 0 Å². The van der Waals surface area contributed by atoms with Crippen LogP contribution in [-0.4, -0.2) is 31.1 Å². The second kappa shape index (κ2) is 4.14. The maximum absolute atomic E-state index is 8.38. The summed E-state index contributed by atoms with van der Waals surface area (Å²) < 4.78 is 9.91. The standard InChI is InChI=1S/C6H11NO3/c8-2-1-7-5-6-9-3-4-10-6/h3-4,6-8H,1-2,5H2. The third kappa shape index (κ3) is 2.24. The van der Waals surface area contributed by atoms with Crippen LogP contribution in [0.25, 0.3) is 0 Å². The van der Waals surface area contributed by atoms with Gasteiger partial charge in [0.2, 0.25) is 0 Å². The Balaban J connectivity index is 1.93. The van der Waals surface area contributed by atoms with E-state index in [9.17, 15) is 0 Å². The van der Waals surface area contributed by atoms with Crippen molar-refractivity contribution in [2.24, 2.45) is 0 Å². The molecule has 0 fully saturated rings. The Morgan fingerprint density at radius 2 is 2.10 bits per heavy atom. The third-order valence-electron chi connectivity index (χ3n) is 1.12. The molecule has 0 saturated carbocycles. The molecule has 0 spiro atoms. The van der Waals surface area contributed by atoms with Crippen LogP contribution in [-0.2, 0) is 9.47 Å². The minimum Gasteiger partial charge on any atom is -0.458 e. The van der Waals surface area contributed by atoms with Crippen molar-refractivity contribution in [2.45, 2.75) is 6.29 Å². The van der Waals surface area contributed by atoms with E-state index in [1.807, 2.05) is 0 Å². The molecule has 58 valence electrons. The first-order valence-electron chi connectivity index (χ1n) is 3.21. The summed E-state index contributed by atoms with van der Waals surface area (Å²) in [5.74, 6) is 0. The lowest BCUT2D eigenvalue weighted by atomic mass is 10.6. The predicted octanol–water partition coefficient (Wildman–Crippen LogP) is -0.588. The van der Waals surface area contributed by atoms with Gasteiger partial charge in [-0.2, -0.15) is 0 Å². The fraction of sp³-hybridized carbons (Fsp3) is 0.667. The lowest BCUT2D eigenvalue weighted by molar-refractivity contribution is -0.0205. The van der Waals surface area contributed by atoms with Crippen molar-refractivity contribution < 1.29 is 14.6 Å². The number of hydrogen-bond donors (Lipinski definition) is 2. The highest BCUT2D eigenvalue weighted by Gasteiger charge is 2.09. The van der Waals surface area contributed by atoms with Crippen LogP contribution in [0.3, 0.4) is 0 Å². The van der Waals surface area contributed by atoms with Gasteiger partial charge in [0.15, 0.2) is 0 Å². The summed E-state index contributed by atoms with van der Waals surface area (Å²) in [4.78, 5) is 0. The van der Waals surface area contributed by atoms with Gasteiger partial charge in [0.25, 0.3) is 6.29 Å². The Morgan fingerprint density at radius 3 is 2.70 bits per heavy atom. The van der Waals surface area contributed by atoms with E-state index in [2.05, 4.69) is 5.32 Å². The molecule has 1 aliphatic heterocycles. The fourth-order valence-corrected chi connectivity index (χ4v) is 0.667. The molecule has 0 aromatic carbocycles. The second-order valence-electron chi connectivity index (χ2n) is 1.90. The number of hydrogen-bond acceptors (Lipinski definition) is 4. The van der Waals surface area contributed by atoms with Crippen molar-refractivity contribution in [1.82, 2.24) is 5.32 Å². The molecule has 0 aliphatic carbocycles. The molecule has 0 aromatic heterocycles. The van der Waals surface area contributed by atoms with Crippen molar-refractivity contribution in [3.63, 3.8) is 0 Å². The van der Waals surface area contributed by atoms with Gasteiger partial charge < -0.3 is 19.9 Å². The van der Waals surface area contributed by atoms with Crippen LogP contribution in [0, 0.1) is 0 Å². The van der Waals surface area contributed by atoms with Gasteiger partial charge in [0.05, 0.1) is 13.2 Å². The first-order valence-corrected chi connectivity index (χ1v) is 3.21. The van der Waals surface area contributed by atoms with Crippen LogP contribution < -0.4 is 5.32 Å². The van der Waals surface area contributed by atoms with Crippen molar-refractivity contribution >= 4 is 0 Å². The van der Waals surface area contributed by atoms with Gasteiger partial charge in [-0.05, 0) is 0 Å². The molecule has 0 bridgehead atoms. The maximum Gasteiger partial charge on any atom is 0.251 e. The van der Waals surface area contributed by atoms with Gasteiger partial charge in [-0.3, -0.25) is 0 Å². The molecule has 1 rings (SSSR count). The number of aliphatic hydroxyl groups excluding tert-OH is 1. The van der Waals surface area contributed by atoms with Gasteiger partial charge >= 0.3 is 0 Å². The number of ether oxygens (including phenoxy) is 2. The smallest absolute Gasteiger partial charge is 0.251 e. The van der Waals surface area contributed by atoms with E-state index in [0.717, 1.165) is 0 Å². The molecule has 0 saturated heterocycles. The van der Waals surface area contributed by atoms with Crippen molar-refractivity contribution in [3.05, 3.63) is 12.5 Å². The zero-order valence-electron chi connectivity index (χ0n) is 5.62. The zero-order chi connectivity index (χ0) is 7.23. The highest BCUT2D eigenvalue weighted by Crippen LogP contribution is 2.02. The van der Waals surface area contributed by atoms with E-state index >= 15 is 0 Å². The average Bonchev–Trinajstić information content (AvgIpc) is 2.41. The first-order chi connectivity index (χ1) is 4.93. The summed E-state index contributed by atoms with van der Waals surface area (Å²) >= 11 is 0. The minimum atomic E-state index is -0.216. The number of rotatable bonds is 4. The molecule has 0 aromatic rings. The average molecular weight is 145 g/mol. The molecular weight excluding hydrogens is 134 g/mol. The second-order valence-corrected chi connectivity index (χ2v) is 1.90. The fourth-order valence-electron chi connectivity index (χ4n) is 0.667. The summed E-state index contributed by atoms with van der Waals surface area (Å²) in [6.07, 6.45) is 2.79. The highest BCUT2D eigenvalue weighted by molar-refractivity contribution is 4.71. The Hall–Kier alpha value is -0.740. The lowest BCUT2D eigenvalue weighted by Gasteiger charge is -2.09. The molecule has 4 heteroatoms. The molecular formula is C6H11NO3. The summed E-state index contributed by atoms with van der Waals surface area (Å²) in [5, 5.41) is 11.3. The predicted molar refractivity (Wildman–Crippen MR) is 35.1 cm³/mol. The summed E-state index contributed by atoms with van der Waals surface area (Å²) in [6, 6.07) is 0. The van der Waals surface area contributed by atoms with Crippen LogP contribution in [0.5, 0.6) is 0 Å². The van der Waals surface area contributed by atoms with E-state index in [4.69, 9.17) is 14.6 Å². The molecule has 2 N–H and O–H groups in total. The third-order valence-corrected chi connectivity index (χ3v) is 1.12. The van der Waals surface area contributed by atoms with E-state index in [1.165, 1.54) is 12.5 Å². The van der Waals surface area contributed by atoms with E-state index in [-0.39, 0.29) is 12.9 Å². The first kappa shape index (κ1) is 7.37. The van der Waals surface area contributed by atoms with Gasteiger partial charge in [-0.1, -0.05) is 0 Å². The maximum atomic E-state index is 8.38. The van der Waals surface area contributed by atoms with Gasteiger partial charge in [-0.15, -0.1) is 0 Å². The molecule has 1 aliphatic rings. The van der Waals surface area contributed by atoms with Crippen LogP contribution in [0.1, 0.15) is 0 Å². The van der Waals surface area contributed by atoms with Gasteiger partial charge in [-0.25, -0.2) is 0 Å². The number of aliphatic hydroxyl groups is 1. The highest BCUT2D eigenvalue weighted by atomic mass is 16.7. The van der Waals surface area contributed by atoms with Crippen LogP contribution in [0.4, 0.5) is 0 Å². The van der Waals surface area contributed by atoms with E-state index in [0.29, 0.717) is 13.1 Å². The van der Waals surface area contributed by atoms with Crippen molar-refractivity contribution in [1.29, 1.82) is 0 Å². The molecule has 0 amide bonds. The molecule has 10 heavy (non-hydrogen) atoms. The van der Waals surface area contributed by atoms with Crippen molar-refractivity contribution in [3.8, 4) is 0 Å². The Morgan fingerprint density at radius 1 is 1.40 bits per heavy atom. The Kier molecular flexibility index (Phi) is 3.05. The normalized spacial score (nSPS) is 16.9. The molecule has 1 heterocycles. The lowest BCUT2D eigenvalue weighted by Crippen LogP contribution is -2.29. The monoisotopic (exact) mass is 145 g/mol. The topological polar surface area (TPSA) is 50.7 Å². The minimum absolute atomic E-state index is 0.139. The largest absolute Gasteiger partial charge is 0.458 e. The molecule has 4 nitrogen and oxygen atoms in total. The summed E-state index contributed by atoms with van der Waals surface area (Å²) in [6.45, 7) is 1.32. The summed E-state index contributed by atoms with van der Waals surface area (Å²) in [5.41, 5.74) is 0. The van der Waals surface area contributed by atoms with E-state index in [1.54, 1.807) is 0 Å². The van der Waals surface area contributed by atoms with Gasteiger partial charge in [0.1, 0.15) is 12.5 Å². The molecule has 0 radical (unpaired) electrons. The van der Waals surface area contributed by atoms with Crippen molar-refractivity contribution in [2.75, 3.05) is 19.7 Å². The van der Waals surface area contributed by atoms with E-state index < -0.39 is 0 Å². The van der Waals surface area contributed by atoms with Crippen LogP contribution in [0.15, 0.2) is 12.5 Å². The molecule has 0 unspecified atom stereocenters. The Bertz CT molecular complexity index is 108.